The van der Waals surface area contributed by atoms with Crippen molar-refractivity contribution in [3.05, 3.63) is 100 Å². The number of aromatic nitrogens is 2. The highest BCUT2D eigenvalue weighted by Gasteiger charge is 2.40. The van der Waals surface area contributed by atoms with E-state index in [-0.39, 0.29) is 17.0 Å². The van der Waals surface area contributed by atoms with Crippen LogP contribution in [0, 0.1) is 6.92 Å². The Balaban J connectivity index is 1.18. The summed E-state index contributed by atoms with van der Waals surface area (Å²) < 4.78 is 0. The molecule has 1 saturated heterocycles. The number of carbonyl (C=O) groups is 1. The van der Waals surface area contributed by atoms with Crippen LogP contribution in [-0.4, -0.2) is 31.9 Å². The van der Waals surface area contributed by atoms with E-state index in [1.165, 1.54) is 24.8 Å². The van der Waals surface area contributed by atoms with Gasteiger partial charge in [0, 0.05) is 45.3 Å². The van der Waals surface area contributed by atoms with Crippen molar-refractivity contribution < 1.29 is 4.79 Å². The lowest BCUT2D eigenvalue weighted by Crippen LogP contribution is -2.57. The highest BCUT2D eigenvalue weighted by Crippen LogP contribution is 2.39. The summed E-state index contributed by atoms with van der Waals surface area (Å²) in [5.41, 5.74) is 6.79. The third kappa shape index (κ3) is 6.31. The number of aryl methyl sites for hydroxylation is 1. The van der Waals surface area contributed by atoms with E-state index < -0.39 is 0 Å². The molecule has 1 aliphatic heterocycles. The monoisotopic (exact) mass is 585 g/mol. The number of nitrogens with zero attached hydrogens (tertiary/aromatic N) is 3. The number of piperidine rings is 1. The Morgan fingerprint density at radius 2 is 1.57 bits per heavy atom. The van der Waals surface area contributed by atoms with Crippen molar-refractivity contribution in [3.63, 3.8) is 0 Å². The van der Waals surface area contributed by atoms with E-state index in [0.717, 1.165) is 58.1 Å². The molecule has 1 aromatic heterocycles. The van der Waals surface area contributed by atoms with Crippen molar-refractivity contribution in [1.82, 2.24) is 14.9 Å². The Bertz CT molecular complexity index is 1780. The van der Waals surface area contributed by atoms with Gasteiger partial charge in [-0.3, -0.25) is 9.69 Å². The lowest BCUT2D eigenvalue weighted by Gasteiger charge is -2.53. The largest absolute Gasteiger partial charge is 0.324 e. The van der Waals surface area contributed by atoms with Gasteiger partial charge in [-0.15, -0.1) is 0 Å². The molecule has 6 heteroatoms. The van der Waals surface area contributed by atoms with Gasteiger partial charge in [-0.2, -0.15) is 0 Å². The molecule has 1 aliphatic carbocycles. The van der Waals surface area contributed by atoms with Gasteiger partial charge in [-0.05, 0) is 108 Å². The fraction of sp³-hybridized carbons (Fsp3) is 0.342. The third-order valence-corrected chi connectivity index (χ3v) is 9.21. The van der Waals surface area contributed by atoms with E-state index in [4.69, 9.17) is 9.97 Å². The number of carbonyl (C=O) groups excluding carboxylic acids is 1. The minimum absolute atomic E-state index is 0.128. The van der Waals surface area contributed by atoms with Gasteiger partial charge in [-0.1, -0.05) is 54.6 Å². The Hall–Kier alpha value is -4.29. The molecule has 226 valence electrons. The summed E-state index contributed by atoms with van der Waals surface area (Å²) in [7, 11) is 0. The zero-order chi connectivity index (χ0) is 30.9. The normalized spacial score (nSPS) is 17.1. The number of benzene rings is 3. The molecule has 0 unspecified atom stereocenters. The first kappa shape index (κ1) is 29.8. The van der Waals surface area contributed by atoms with Crippen LogP contribution in [0.5, 0.6) is 0 Å². The first-order valence-corrected chi connectivity index (χ1v) is 15.8. The second-order valence-corrected chi connectivity index (χ2v) is 13.4. The average Bonchev–Trinajstić information content (AvgIpc) is 3.00. The smallest absolute Gasteiger partial charge is 0.255 e. The molecule has 0 spiro atoms. The van der Waals surface area contributed by atoms with E-state index in [1.54, 1.807) is 0 Å². The van der Waals surface area contributed by atoms with Gasteiger partial charge in [0.05, 0.1) is 11.0 Å². The number of amides is 1. The molecule has 0 atom stereocenters. The number of nitrogens with one attached hydrogen (secondary N) is 2. The number of anilines is 3. The maximum Gasteiger partial charge on any atom is 0.255 e. The number of hydrogen-bond acceptors (Lipinski definition) is 5. The van der Waals surface area contributed by atoms with E-state index in [0.29, 0.717) is 11.5 Å². The zero-order valence-electron chi connectivity index (χ0n) is 26.6. The van der Waals surface area contributed by atoms with Crippen LogP contribution < -0.4 is 21.2 Å². The van der Waals surface area contributed by atoms with Gasteiger partial charge in [0.15, 0.2) is 0 Å². The van der Waals surface area contributed by atoms with Crippen LogP contribution in [0.15, 0.2) is 72.8 Å². The molecular formula is C38H43N5O. The summed E-state index contributed by atoms with van der Waals surface area (Å²) in [6, 6.07) is 24.1. The first-order chi connectivity index (χ1) is 21.1. The van der Waals surface area contributed by atoms with Gasteiger partial charge < -0.3 is 10.6 Å². The average molecular weight is 586 g/mol. The SMILES string of the molecule is Cc1ccc(CN2C(C)(C)CCCC2(C)C)cc1NC(=O)c1ccc(Nc2nc(-c3ccccc3)c3c(n2)=CCCC=3)cc1. The molecule has 2 heterocycles. The van der Waals surface area contributed by atoms with Crippen LogP contribution in [-0.2, 0) is 6.54 Å². The zero-order valence-corrected chi connectivity index (χ0v) is 26.6. The molecule has 1 amide bonds. The molecule has 44 heavy (non-hydrogen) atoms. The van der Waals surface area contributed by atoms with Gasteiger partial charge in [0.2, 0.25) is 5.95 Å². The van der Waals surface area contributed by atoms with Crippen LogP contribution in [0.2, 0.25) is 0 Å². The summed E-state index contributed by atoms with van der Waals surface area (Å²) in [5, 5.41) is 8.56. The number of likely N-dealkylation sites (tertiary alicyclic amines) is 1. The van der Waals surface area contributed by atoms with Crippen molar-refractivity contribution in [2.75, 3.05) is 10.6 Å². The predicted molar refractivity (Wildman–Crippen MR) is 181 cm³/mol. The second kappa shape index (κ2) is 12.0. The Kier molecular flexibility index (Phi) is 8.12. The van der Waals surface area contributed by atoms with Crippen molar-refractivity contribution in [2.24, 2.45) is 0 Å². The molecule has 0 bridgehead atoms. The Morgan fingerprint density at radius 3 is 2.30 bits per heavy atom. The maximum atomic E-state index is 13.3. The van der Waals surface area contributed by atoms with Gasteiger partial charge in [-0.25, -0.2) is 9.97 Å². The van der Waals surface area contributed by atoms with Gasteiger partial charge in [0.1, 0.15) is 0 Å². The quantitative estimate of drug-likeness (QED) is 0.237. The van der Waals surface area contributed by atoms with Crippen LogP contribution in [0.25, 0.3) is 23.4 Å². The van der Waals surface area contributed by atoms with Crippen molar-refractivity contribution in [1.29, 1.82) is 0 Å². The van der Waals surface area contributed by atoms with E-state index in [1.807, 2.05) is 49.4 Å². The predicted octanol–water partition coefficient (Wildman–Crippen LogP) is 7.35. The topological polar surface area (TPSA) is 70.2 Å². The minimum atomic E-state index is -0.128. The molecule has 2 aliphatic rings. The third-order valence-electron chi connectivity index (χ3n) is 9.21. The lowest BCUT2D eigenvalue weighted by molar-refractivity contribution is -0.0340. The molecule has 2 N–H and O–H groups in total. The Labute approximate surface area is 261 Å². The molecule has 4 aromatic rings. The highest BCUT2D eigenvalue weighted by atomic mass is 16.1. The fourth-order valence-corrected chi connectivity index (χ4v) is 6.75. The molecule has 6 nitrogen and oxygen atoms in total. The summed E-state index contributed by atoms with van der Waals surface area (Å²) in [6.07, 6.45) is 10.0. The molecule has 3 aromatic carbocycles. The van der Waals surface area contributed by atoms with Crippen molar-refractivity contribution in [2.45, 2.75) is 84.3 Å². The van der Waals surface area contributed by atoms with Crippen LogP contribution in [0.4, 0.5) is 17.3 Å². The van der Waals surface area contributed by atoms with E-state index in [9.17, 15) is 4.79 Å². The lowest BCUT2D eigenvalue weighted by atomic mass is 9.79. The first-order valence-electron chi connectivity index (χ1n) is 15.8. The van der Waals surface area contributed by atoms with Gasteiger partial charge in [0.25, 0.3) is 5.91 Å². The molecule has 0 saturated carbocycles. The minimum Gasteiger partial charge on any atom is -0.324 e. The van der Waals surface area contributed by atoms with Crippen LogP contribution in [0.1, 0.15) is 81.3 Å². The molecule has 6 rings (SSSR count). The Morgan fingerprint density at radius 1 is 0.864 bits per heavy atom. The number of hydrogen-bond donors (Lipinski definition) is 2. The number of rotatable bonds is 7. The molecule has 0 radical (unpaired) electrons. The summed E-state index contributed by atoms with van der Waals surface area (Å²) >= 11 is 0. The van der Waals surface area contributed by atoms with Crippen LogP contribution >= 0.6 is 0 Å². The standard InChI is InChI=1S/C38H43N5O/c1-26-16-17-27(25-43-37(2,3)22-11-23-38(43,4)5)24-33(26)40-35(44)29-18-20-30(21-19-29)39-36-41-32-15-10-9-14-31(32)34(42-36)28-12-7-6-8-13-28/h6-8,12-21,24H,9-11,22-23,25H2,1-5H3,(H,39,41)(H,40,44). The number of fused-ring (bicyclic) bond motifs is 1. The maximum absolute atomic E-state index is 13.3. The van der Waals surface area contributed by atoms with Crippen LogP contribution in [0.3, 0.4) is 0 Å². The molecular weight excluding hydrogens is 542 g/mol. The highest BCUT2D eigenvalue weighted by molar-refractivity contribution is 6.04. The summed E-state index contributed by atoms with van der Waals surface area (Å²) in [6.45, 7) is 12.3. The van der Waals surface area contributed by atoms with Crippen molar-refractivity contribution >= 4 is 35.4 Å². The van der Waals surface area contributed by atoms with Crippen molar-refractivity contribution in [3.8, 4) is 11.3 Å². The molecule has 1 fully saturated rings. The van der Waals surface area contributed by atoms with E-state index >= 15 is 0 Å². The fourth-order valence-electron chi connectivity index (χ4n) is 6.75. The second-order valence-electron chi connectivity index (χ2n) is 13.4. The van der Waals surface area contributed by atoms with Gasteiger partial charge >= 0.3 is 0 Å². The summed E-state index contributed by atoms with van der Waals surface area (Å²) in [5.74, 6) is 0.413. The van der Waals surface area contributed by atoms with E-state index in [2.05, 4.69) is 85.7 Å². The summed E-state index contributed by atoms with van der Waals surface area (Å²) in [4.78, 5) is 25.6.